The third kappa shape index (κ3) is 2.17. The lowest BCUT2D eigenvalue weighted by Crippen LogP contribution is -1.94. The number of hydrogen-bond acceptors (Lipinski definition) is 2. The molecule has 0 bridgehead atoms. The molecule has 0 saturated heterocycles. The molecule has 2 aliphatic rings. The summed E-state index contributed by atoms with van der Waals surface area (Å²) in [5.74, 6) is 0. The highest BCUT2D eigenvalue weighted by molar-refractivity contribution is 6.14. The maximum atomic E-state index is 5.10. The molecule has 3 aromatic heterocycles. The SMILES string of the molecule is c1ccc2c(c1)Cc1c-2ccc2c1Cc1cc3c(cc1-2)c1nc2ccccc2n1c1cccnc31. The summed E-state index contributed by atoms with van der Waals surface area (Å²) >= 11 is 0. The Kier molecular flexibility index (Phi) is 3.14. The van der Waals surface area contributed by atoms with E-state index in [0.717, 1.165) is 40.6 Å². The Morgan fingerprint density at radius 2 is 1.37 bits per heavy atom. The molecule has 0 spiro atoms. The van der Waals surface area contributed by atoms with Crippen LogP contribution in [0.1, 0.15) is 22.3 Å². The van der Waals surface area contributed by atoms with E-state index in [1.54, 1.807) is 0 Å². The molecule has 9 rings (SSSR count). The highest BCUT2D eigenvalue weighted by Crippen LogP contribution is 2.48. The first-order valence-corrected chi connectivity index (χ1v) is 12.2. The van der Waals surface area contributed by atoms with Crippen molar-refractivity contribution >= 4 is 38.5 Å². The number of imidazole rings is 1. The zero-order valence-electron chi connectivity index (χ0n) is 18.9. The largest absolute Gasteiger partial charge is 0.290 e. The average Bonchev–Trinajstić information content (AvgIpc) is 3.59. The number of nitrogens with zero attached hydrogens (tertiary/aromatic N) is 3. The second kappa shape index (κ2) is 6.13. The zero-order chi connectivity index (χ0) is 22.7. The van der Waals surface area contributed by atoms with Gasteiger partial charge in [0.25, 0.3) is 0 Å². The van der Waals surface area contributed by atoms with E-state index < -0.39 is 0 Å². The predicted octanol–water partition coefficient (Wildman–Crippen LogP) is 7.33. The first-order valence-electron chi connectivity index (χ1n) is 12.2. The summed E-state index contributed by atoms with van der Waals surface area (Å²) in [6.07, 6.45) is 3.91. The summed E-state index contributed by atoms with van der Waals surface area (Å²) in [4.78, 5) is 9.95. The molecule has 162 valence electrons. The molecule has 0 aliphatic heterocycles. The van der Waals surface area contributed by atoms with Gasteiger partial charge in [0.1, 0.15) is 5.65 Å². The Morgan fingerprint density at radius 1 is 0.600 bits per heavy atom. The quantitative estimate of drug-likeness (QED) is 0.229. The van der Waals surface area contributed by atoms with E-state index in [1.807, 2.05) is 12.3 Å². The number of pyridine rings is 2. The molecule has 0 amide bonds. The highest BCUT2D eigenvalue weighted by Gasteiger charge is 2.28. The van der Waals surface area contributed by atoms with Gasteiger partial charge in [-0.3, -0.25) is 9.38 Å². The minimum atomic E-state index is 0.980. The molecule has 0 N–H and O–H groups in total. The number of rotatable bonds is 0. The summed E-state index contributed by atoms with van der Waals surface area (Å²) < 4.78 is 2.28. The zero-order valence-corrected chi connectivity index (χ0v) is 18.9. The lowest BCUT2D eigenvalue weighted by Gasteiger charge is -2.11. The molecule has 7 aromatic rings. The van der Waals surface area contributed by atoms with Gasteiger partial charge in [-0.2, -0.15) is 0 Å². The van der Waals surface area contributed by atoms with Crippen molar-refractivity contribution in [3.8, 4) is 22.3 Å². The van der Waals surface area contributed by atoms with E-state index in [9.17, 15) is 0 Å². The summed E-state index contributed by atoms with van der Waals surface area (Å²) in [5.41, 5.74) is 16.6. The third-order valence-electron chi connectivity index (χ3n) is 8.09. The molecule has 0 saturated carbocycles. The second-order valence-corrected chi connectivity index (χ2v) is 9.81. The third-order valence-corrected chi connectivity index (χ3v) is 8.09. The molecule has 3 nitrogen and oxygen atoms in total. The molecule has 0 atom stereocenters. The Hall–Kier alpha value is -4.50. The first-order chi connectivity index (χ1) is 17.3. The number of hydrogen-bond donors (Lipinski definition) is 0. The van der Waals surface area contributed by atoms with Crippen LogP contribution < -0.4 is 0 Å². The maximum absolute atomic E-state index is 5.10. The van der Waals surface area contributed by atoms with Gasteiger partial charge in [-0.1, -0.05) is 48.5 Å². The lowest BCUT2D eigenvalue weighted by atomic mass is 9.96. The van der Waals surface area contributed by atoms with Gasteiger partial charge in [0, 0.05) is 17.0 Å². The molecule has 0 unspecified atom stereocenters. The number of aromatic nitrogens is 3. The van der Waals surface area contributed by atoms with Gasteiger partial charge in [-0.15, -0.1) is 0 Å². The molecule has 0 fully saturated rings. The Morgan fingerprint density at radius 3 is 2.31 bits per heavy atom. The lowest BCUT2D eigenvalue weighted by molar-refractivity contribution is 1.16. The normalized spacial score (nSPS) is 13.5. The van der Waals surface area contributed by atoms with Gasteiger partial charge in [-0.25, -0.2) is 4.98 Å². The molecule has 3 heteroatoms. The van der Waals surface area contributed by atoms with Crippen LogP contribution in [-0.4, -0.2) is 14.4 Å². The summed E-state index contributed by atoms with van der Waals surface area (Å²) in [6, 6.07) is 30.9. The highest BCUT2D eigenvalue weighted by atomic mass is 15.0. The monoisotopic (exact) mass is 445 g/mol. The van der Waals surface area contributed by atoms with E-state index in [-0.39, 0.29) is 0 Å². The molecule has 0 radical (unpaired) electrons. The van der Waals surface area contributed by atoms with Crippen LogP contribution in [0.15, 0.2) is 91.1 Å². The molecule has 3 heterocycles. The van der Waals surface area contributed by atoms with Gasteiger partial charge in [-0.05, 0) is 93.7 Å². The van der Waals surface area contributed by atoms with Crippen molar-refractivity contribution in [3.63, 3.8) is 0 Å². The van der Waals surface area contributed by atoms with Crippen molar-refractivity contribution < 1.29 is 0 Å². The standard InChI is InChI=1S/C32H19N3/c1-2-7-20-18(6-1)14-24-21(20)11-12-22-23-17-27-26(16-19(23)15-25(22)24)31-30(10-5-13-33-31)35-29-9-4-3-8-28(29)34-32(27)35/h1-13,16-17H,14-15H2. The number of benzene rings is 4. The fourth-order valence-corrected chi connectivity index (χ4v) is 6.58. The van der Waals surface area contributed by atoms with Crippen molar-refractivity contribution in [2.75, 3.05) is 0 Å². The molecule has 2 aliphatic carbocycles. The molecular weight excluding hydrogens is 426 g/mol. The van der Waals surface area contributed by atoms with E-state index >= 15 is 0 Å². The van der Waals surface area contributed by atoms with Crippen LogP contribution in [0.3, 0.4) is 0 Å². The van der Waals surface area contributed by atoms with Crippen molar-refractivity contribution in [2.45, 2.75) is 12.8 Å². The maximum Gasteiger partial charge on any atom is 0.146 e. The molecular formula is C32H19N3. The molecule has 35 heavy (non-hydrogen) atoms. The first kappa shape index (κ1) is 17.9. The van der Waals surface area contributed by atoms with Gasteiger partial charge in [0.05, 0.1) is 22.1 Å². The van der Waals surface area contributed by atoms with Gasteiger partial charge in [0.15, 0.2) is 0 Å². The summed E-state index contributed by atoms with van der Waals surface area (Å²) in [7, 11) is 0. The van der Waals surface area contributed by atoms with E-state index in [4.69, 9.17) is 9.97 Å². The van der Waals surface area contributed by atoms with Crippen molar-refractivity contribution in [1.29, 1.82) is 0 Å². The van der Waals surface area contributed by atoms with E-state index in [1.165, 1.54) is 55.3 Å². The average molecular weight is 446 g/mol. The van der Waals surface area contributed by atoms with Gasteiger partial charge >= 0.3 is 0 Å². The Labute approximate surface area is 201 Å². The predicted molar refractivity (Wildman–Crippen MR) is 142 cm³/mol. The van der Waals surface area contributed by atoms with Crippen LogP contribution in [-0.2, 0) is 12.8 Å². The molecule has 4 aromatic carbocycles. The van der Waals surface area contributed by atoms with Crippen LogP contribution >= 0.6 is 0 Å². The fraction of sp³-hybridized carbons (Fsp3) is 0.0625. The van der Waals surface area contributed by atoms with Gasteiger partial charge in [0.2, 0.25) is 0 Å². The second-order valence-electron chi connectivity index (χ2n) is 9.81. The number of fused-ring (bicyclic) bond motifs is 15. The van der Waals surface area contributed by atoms with E-state index in [2.05, 4.69) is 83.3 Å². The smallest absolute Gasteiger partial charge is 0.146 e. The van der Waals surface area contributed by atoms with Crippen LogP contribution in [0.25, 0.3) is 60.7 Å². The minimum absolute atomic E-state index is 0.980. The van der Waals surface area contributed by atoms with Crippen LogP contribution in [0, 0.1) is 0 Å². The van der Waals surface area contributed by atoms with Gasteiger partial charge < -0.3 is 0 Å². The topological polar surface area (TPSA) is 30.2 Å². The minimum Gasteiger partial charge on any atom is -0.290 e. The summed E-state index contributed by atoms with van der Waals surface area (Å²) in [6.45, 7) is 0. The fourth-order valence-electron chi connectivity index (χ4n) is 6.58. The van der Waals surface area contributed by atoms with Crippen molar-refractivity contribution in [3.05, 3.63) is 113 Å². The number of para-hydroxylation sites is 2. The van der Waals surface area contributed by atoms with Crippen LogP contribution in [0.5, 0.6) is 0 Å². The van der Waals surface area contributed by atoms with Crippen LogP contribution in [0.4, 0.5) is 0 Å². The Bertz CT molecular complexity index is 2060. The summed E-state index contributed by atoms with van der Waals surface area (Å²) in [5, 5.41) is 2.36. The van der Waals surface area contributed by atoms with Crippen molar-refractivity contribution in [1.82, 2.24) is 14.4 Å². The van der Waals surface area contributed by atoms with E-state index in [0.29, 0.717) is 0 Å². The van der Waals surface area contributed by atoms with Crippen molar-refractivity contribution in [2.24, 2.45) is 0 Å². The van der Waals surface area contributed by atoms with Crippen LogP contribution in [0.2, 0.25) is 0 Å². The Balaban J connectivity index is 1.38.